The van der Waals surface area contributed by atoms with Crippen molar-refractivity contribution in [1.82, 2.24) is 0 Å². The molecule has 0 aromatic carbocycles. The summed E-state index contributed by atoms with van der Waals surface area (Å²) in [4.78, 5) is 10.7. The molecule has 0 N–H and O–H groups in total. The van der Waals surface area contributed by atoms with Crippen LogP contribution >= 0.6 is 0 Å². The van der Waals surface area contributed by atoms with Gasteiger partial charge in [-0.1, -0.05) is 32.6 Å². The summed E-state index contributed by atoms with van der Waals surface area (Å²) in [5, 5.41) is 0. The standard InChI is InChI=1S/C11H20O2/c1-9-6-4-3-5-7-11(9)8-13-10(2)12/h9,11H,3-8H2,1-2H3. The largest absolute Gasteiger partial charge is 0.466 e. The Labute approximate surface area is 80.7 Å². The van der Waals surface area contributed by atoms with Crippen molar-refractivity contribution >= 4 is 5.97 Å². The summed E-state index contributed by atoms with van der Waals surface area (Å²) in [6.45, 7) is 4.40. The van der Waals surface area contributed by atoms with Crippen molar-refractivity contribution in [2.45, 2.75) is 46.0 Å². The van der Waals surface area contributed by atoms with E-state index in [4.69, 9.17) is 4.74 Å². The molecule has 1 aliphatic rings. The second-order valence-electron chi connectivity index (χ2n) is 4.18. The molecule has 1 saturated carbocycles. The first-order chi connectivity index (χ1) is 6.20. The molecule has 2 heteroatoms. The molecule has 0 aromatic rings. The fraction of sp³-hybridized carbons (Fsp3) is 0.909. The van der Waals surface area contributed by atoms with Crippen LogP contribution in [0, 0.1) is 11.8 Å². The Bertz CT molecular complexity index is 165. The third kappa shape index (κ3) is 3.79. The lowest BCUT2D eigenvalue weighted by atomic mass is 9.90. The fourth-order valence-electron chi connectivity index (χ4n) is 2.04. The van der Waals surface area contributed by atoms with Gasteiger partial charge in [0, 0.05) is 6.92 Å². The van der Waals surface area contributed by atoms with Gasteiger partial charge >= 0.3 is 5.97 Å². The van der Waals surface area contributed by atoms with Gasteiger partial charge in [-0.15, -0.1) is 0 Å². The molecule has 0 heterocycles. The number of carbonyl (C=O) groups excluding carboxylic acids is 1. The molecule has 2 atom stereocenters. The highest BCUT2D eigenvalue weighted by Crippen LogP contribution is 2.28. The first-order valence-corrected chi connectivity index (χ1v) is 5.33. The fourth-order valence-corrected chi connectivity index (χ4v) is 2.04. The van der Waals surface area contributed by atoms with E-state index in [1.807, 2.05) is 0 Å². The van der Waals surface area contributed by atoms with Crippen LogP contribution in [0.2, 0.25) is 0 Å². The van der Waals surface area contributed by atoms with Crippen molar-refractivity contribution < 1.29 is 9.53 Å². The molecule has 0 aromatic heterocycles. The van der Waals surface area contributed by atoms with E-state index in [1.54, 1.807) is 0 Å². The van der Waals surface area contributed by atoms with Gasteiger partial charge in [0.15, 0.2) is 0 Å². The molecule has 1 fully saturated rings. The van der Waals surface area contributed by atoms with Crippen molar-refractivity contribution in [2.75, 3.05) is 6.61 Å². The van der Waals surface area contributed by atoms with Crippen LogP contribution in [-0.4, -0.2) is 12.6 Å². The van der Waals surface area contributed by atoms with Crippen LogP contribution in [0.1, 0.15) is 46.0 Å². The van der Waals surface area contributed by atoms with Gasteiger partial charge in [0.05, 0.1) is 6.61 Å². The van der Waals surface area contributed by atoms with E-state index in [1.165, 1.54) is 39.0 Å². The third-order valence-corrected chi connectivity index (χ3v) is 3.04. The Morgan fingerprint density at radius 3 is 2.69 bits per heavy atom. The molecule has 0 saturated heterocycles. The summed E-state index contributed by atoms with van der Waals surface area (Å²) in [6.07, 6.45) is 6.52. The molecule has 76 valence electrons. The zero-order chi connectivity index (χ0) is 9.68. The van der Waals surface area contributed by atoms with Crippen LogP contribution in [0.3, 0.4) is 0 Å². The predicted octanol–water partition coefficient (Wildman–Crippen LogP) is 2.77. The van der Waals surface area contributed by atoms with Gasteiger partial charge in [-0.05, 0) is 18.3 Å². The Balaban J connectivity index is 2.31. The lowest BCUT2D eigenvalue weighted by Crippen LogP contribution is -2.18. The van der Waals surface area contributed by atoms with Crippen LogP contribution in [-0.2, 0) is 9.53 Å². The van der Waals surface area contributed by atoms with E-state index >= 15 is 0 Å². The molecule has 0 spiro atoms. The number of rotatable bonds is 2. The molecule has 0 bridgehead atoms. The maximum absolute atomic E-state index is 10.7. The number of ether oxygens (including phenoxy) is 1. The van der Waals surface area contributed by atoms with Crippen LogP contribution in [0.15, 0.2) is 0 Å². The minimum atomic E-state index is -0.142. The second-order valence-corrected chi connectivity index (χ2v) is 4.18. The molecule has 2 unspecified atom stereocenters. The highest BCUT2D eigenvalue weighted by Gasteiger charge is 2.20. The topological polar surface area (TPSA) is 26.3 Å². The summed E-state index contributed by atoms with van der Waals surface area (Å²) in [5.41, 5.74) is 0. The number of esters is 1. The quantitative estimate of drug-likeness (QED) is 0.487. The highest BCUT2D eigenvalue weighted by molar-refractivity contribution is 5.65. The first kappa shape index (κ1) is 10.6. The number of hydrogen-bond acceptors (Lipinski definition) is 2. The summed E-state index contributed by atoms with van der Waals surface area (Å²) in [5.74, 6) is 1.18. The molecule has 1 aliphatic carbocycles. The van der Waals surface area contributed by atoms with Crippen LogP contribution < -0.4 is 0 Å². The Kier molecular flexibility index (Phi) is 4.26. The van der Waals surface area contributed by atoms with E-state index in [0.717, 1.165) is 5.92 Å². The summed E-state index contributed by atoms with van der Waals surface area (Å²) < 4.78 is 5.07. The minimum Gasteiger partial charge on any atom is -0.466 e. The Morgan fingerprint density at radius 2 is 2.00 bits per heavy atom. The molecule has 0 aliphatic heterocycles. The van der Waals surface area contributed by atoms with Gasteiger partial charge in [0.1, 0.15) is 0 Å². The summed E-state index contributed by atoms with van der Waals surface area (Å²) in [6, 6.07) is 0. The zero-order valence-electron chi connectivity index (χ0n) is 8.71. The van der Waals surface area contributed by atoms with Crippen LogP contribution in [0.25, 0.3) is 0 Å². The number of carbonyl (C=O) groups is 1. The molecule has 0 amide bonds. The Hall–Kier alpha value is -0.530. The lowest BCUT2D eigenvalue weighted by Gasteiger charge is -2.20. The van der Waals surface area contributed by atoms with Crippen molar-refractivity contribution in [3.63, 3.8) is 0 Å². The van der Waals surface area contributed by atoms with E-state index in [0.29, 0.717) is 12.5 Å². The SMILES string of the molecule is CC(=O)OCC1CCCCCC1C. The predicted molar refractivity (Wildman–Crippen MR) is 52.4 cm³/mol. The number of hydrogen-bond donors (Lipinski definition) is 0. The van der Waals surface area contributed by atoms with E-state index < -0.39 is 0 Å². The zero-order valence-corrected chi connectivity index (χ0v) is 8.71. The van der Waals surface area contributed by atoms with Crippen LogP contribution in [0.5, 0.6) is 0 Å². The summed E-state index contributed by atoms with van der Waals surface area (Å²) >= 11 is 0. The molecule has 0 radical (unpaired) electrons. The molecule has 1 rings (SSSR count). The van der Waals surface area contributed by atoms with Gasteiger partial charge in [0.2, 0.25) is 0 Å². The maximum atomic E-state index is 10.7. The molecule has 13 heavy (non-hydrogen) atoms. The van der Waals surface area contributed by atoms with Gasteiger partial charge in [-0.25, -0.2) is 0 Å². The van der Waals surface area contributed by atoms with Gasteiger partial charge in [-0.2, -0.15) is 0 Å². The van der Waals surface area contributed by atoms with Gasteiger partial charge in [0.25, 0.3) is 0 Å². The Morgan fingerprint density at radius 1 is 1.31 bits per heavy atom. The van der Waals surface area contributed by atoms with Crippen molar-refractivity contribution in [2.24, 2.45) is 11.8 Å². The monoisotopic (exact) mass is 184 g/mol. The van der Waals surface area contributed by atoms with Crippen molar-refractivity contribution in [3.05, 3.63) is 0 Å². The smallest absolute Gasteiger partial charge is 0.302 e. The average Bonchev–Trinajstić information content (AvgIpc) is 2.27. The highest BCUT2D eigenvalue weighted by atomic mass is 16.5. The van der Waals surface area contributed by atoms with E-state index in [-0.39, 0.29) is 5.97 Å². The van der Waals surface area contributed by atoms with E-state index in [2.05, 4.69) is 6.92 Å². The first-order valence-electron chi connectivity index (χ1n) is 5.33. The van der Waals surface area contributed by atoms with Gasteiger partial charge in [-0.3, -0.25) is 4.79 Å². The maximum Gasteiger partial charge on any atom is 0.302 e. The second kappa shape index (κ2) is 5.25. The van der Waals surface area contributed by atoms with Crippen molar-refractivity contribution in [1.29, 1.82) is 0 Å². The van der Waals surface area contributed by atoms with Crippen molar-refractivity contribution in [3.8, 4) is 0 Å². The minimum absolute atomic E-state index is 0.142. The van der Waals surface area contributed by atoms with Crippen LogP contribution in [0.4, 0.5) is 0 Å². The third-order valence-electron chi connectivity index (χ3n) is 3.04. The van der Waals surface area contributed by atoms with E-state index in [9.17, 15) is 4.79 Å². The normalized spacial score (nSPS) is 29.4. The molecule has 2 nitrogen and oxygen atoms in total. The molecular weight excluding hydrogens is 164 g/mol. The van der Waals surface area contributed by atoms with Gasteiger partial charge < -0.3 is 4.74 Å². The molecular formula is C11H20O2. The average molecular weight is 184 g/mol. The summed E-state index contributed by atoms with van der Waals surface area (Å²) in [7, 11) is 0. The lowest BCUT2D eigenvalue weighted by molar-refractivity contribution is -0.142.